The molecular formula is C23H27FN2O5. The van der Waals surface area contributed by atoms with Crippen LogP contribution in [0.5, 0.6) is 5.75 Å². The zero-order valence-corrected chi connectivity index (χ0v) is 17.5. The Hall–Kier alpha value is -3.42. The van der Waals surface area contributed by atoms with Crippen LogP contribution in [0.2, 0.25) is 0 Å². The number of ether oxygens (including phenoxy) is 2. The second-order valence-electron chi connectivity index (χ2n) is 6.80. The lowest BCUT2D eigenvalue weighted by atomic mass is 10.1. The summed E-state index contributed by atoms with van der Waals surface area (Å²) >= 11 is 0. The number of nitrogens with one attached hydrogen (secondary N) is 2. The minimum atomic E-state index is -0.721. The van der Waals surface area contributed by atoms with Crippen molar-refractivity contribution in [1.29, 1.82) is 0 Å². The van der Waals surface area contributed by atoms with Gasteiger partial charge >= 0.3 is 5.97 Å². The summed E-state index contributed by atoms with van der Waals surface area (Å²) in [5, 5.41) is 5.05. The molecule has 31 heavy (non-hydrogen) atoms. The number of esters is 1. The van der Waals surface area contributed by atoms with Crippen LogP contribution in [0, 0.1) is 5.82 Å². The fourth-order valence-electron chi connectivity index (χ4n) is 2.54. The molecule has 2 aromatic rings. The van der Waals surface area contributed by atoms with E-state index in [0.717, 1.165) is 18.4 Å². The van der Waals surface area contributed by atoms with E-state index in [-0.39, 0.29) is 12.4 Å². The summed E-state index contributed by atoms with van der Waals surface area (Å²) in [6.45, 7) is 2.23. The van der Waals surface area contributed by atoms with Gasteiger partial charge < -0.3 is 20.1 Å². The molecule has 2 amide bonds. The normalized spacial score (nSPS) is 10.3. The van der Waals surface area contributed by atoms with Gasteiger partial charge in [-0.15, -0.1) is 0 Å². The average Bonchev–Trinajstić information content (AvgIpc) is 2.78. The van der Waals surface area contributed by atoms with Crippen molar-refractivity contribution in [2.24, 2.45) is 0 Å². The fourth-order valence-corrected chi connectivity index (χ4v) is 2.54. The van der Waals surface area contributed by atoms with E-state index in [1.165, 1.54) is 12.1 Å². The Bertz CT molecular complexity index is 853. The Kier molecular flexibility index (Phi) is 10.0. The van der Waals surface area contributed by atoms with Gasteiger partial charge in [0.2, 0.25) is 0 Å². The summed E-state index contributed by atoms with van der Waals surface area (Å²) in [5.74, 6) is -1.25. The molecule has 0 aliphatic rings. The number of amides is 2. The molecule has 0 aliphatic heterocycles. The molecule has 0 spiro atoms. The molecule has 2 rings (SSSR count). The maximum absolute atomic E-state index is 12.8. The van der Waals surface area contributed by atoms with E-state index in [1.54, 1.807) is 36.4 Å². The molecule has 0 bridgehead atoms. The molecule has 0 aliphatic carbocycles. The van der Waals surface area contributed by atoms with Crippen molar-refractivity contribution in [3.05, 3.63) is 65.5 Å². The highest BCUT2D eigenvalue weighted by molar-refractivity contribution is 5.96. The zero-order chi connectivity index (χ0) is 22.5. The first-order chi connectivity index (χ1) is 15.0. The third-order valence-electron chi connectivity index (χ3n) is 4.29. The van der Waals surface area contributed by atoms with Gasteiger partial charge in [-0.2, -0.15) is 0 Å². The standard InChI is InChI=1S/C23H27FN2O5/c1-2-3-14-30-20-10-6-18(7-11-20)23(29)26-15-22(28)31-16-21(27)25-13-12-17-4-8-19(24)9-5-17/h4-11H,2-3,12-16H2,1H3,(H,25,27)(H,26,29). The second kappa shape index (κ2) is 13.0. The molecule has 7 nitrogen and oxygen atoms in total. The monoisotopic (exact) mass is 430 g/mol. The molecule has 0 aromatic heterocycles. The summed E-state index contributed by atoms with van der Waals surface area (Å²) in [5.41, 5.74) is 1.26. The van der Waals surface area contributed by atoms with Crippen molar-refractivity contribution < 1.29 is 28.2 Å². The molecule has 2 N–H and O–H groups in total. The average molecular weight is 430 g/mol. The lowest BCUT2D eigenvalue weighted by Crippen LogP contribution is -2.34. The van der Waals surface area contributed by atoms with Gasteiger partial charge in [0.25, 0.3) is 11.8 Å². The first-order valence-electron chi connectivity index (χ1n) is 10.2. The molecule has 2 aromatic carbocycles. The smallest absolute Gasteiger partial charge is 0.325 e. The third-order valence-corrected chi connectivity index (χ3v) is 4.29. The lowest BCUT2D eigenvalue weighted by molar-refractivity contribution is -0.147. The topological polar surface area (TPSA) is 93.7 Å². The highest BCUT2D eigenvalue weighted by Crippen LogP contribution is 2.12. The first kappa shape index (κ1) is 23.9. The van der Waals surface area contributed by atoms with Gasteiger partial charge in [0, 0.05) is 12.1 Å². The zero-order valence-electron chi connectivity index (χ0n) is 17.5. The van der Waals surface area contributed by atoms with Crippen LogP contribution in [0.15, 0.2) is 48.5 Å². The van der Waals surface area contributed by atoms with Gasteiger partial charge in [0.15, 0.2) is 6.61 Å². The minimum Gasteiger partial charge on any atom is -0.494 e. The van der Waals surface area contributed by atoms with Crippen LogP contribution in [-0.4, -0.2) is 44.1 Å². The number of carbonyl (C=O) groups is 3. The van der Waals surface area contributed by atoms with Crippen LogP contribution >= 0.6 is 0 Å². The van der Waals surface area contributed by atoms with Crippen molar-refractivity contribution >= 4 is 17.8 Å². The van der Waals surface area contributed by atoms with Crippen LogP contribution in [-0.2, 0) is 20.7 Å². The van der Waals surface area contributed by atoms with E-state index in [2.05, 4.69) is 17.6 Å². The van der Waals surface area contributed by atoms with E-state index >= 15 is 0 Å². The number of benzene rings is 2. The largest absolute Gasteiger partial charge is 0.494 e. The maximum atomic E-state index is 12.8. The van der Waals surface area contributed by atoms with Crippen LogP contribution in [0.4, 0.5) is 4.39 Å². The summed E-state index contributed by atoms with van der Waals surface area (Å²) < 4.78 is 23.2. The summed E-state index contributed by atoms with van der Waals surface area (Å²) in [7, 11) is 0. The molecule has 0 fully saturated rings. The van der Waals surface area contributed by atoms with E-state index in [4.69, 9.17) is 9.47 Å². The van der Waals surface area contributed by atoms with E-state index < -0.39 is 24.4 Å². The van der Waals surface area contributed by atoms with Crippen LogP contribution in [0.1, 0.15) is 35.7 Å². The Morgan fingerprint density at radius 3 is 2.35 bits per heavy atom. The van der Waals surface area contributed by atoms with Gasteiger partial charge in [-0.1, -0.05) is 25.5 Å². The fraction of sp³-hybridized carbons (Fsp3) is 0.348. The number of hydrogen-bond donors (Lipinski definition) is 2. The molecule has 0 atom stereocenters. The summed E-state index contributed by atoms with van der Waals surface area (Å²) in [6, 6.07) is 12.6. The molecule has 8 heteroatoms. The van der Waals surface area contributed by atoms with Crippen molar-refractivity contribution in [2.45, 2.75) is 26.2 Å². The van der Waals surface area contributed by atoms with Crippen LogP contribution in [0.25, 0.3) is 0 Å². The minimum absolute atomic E-state index is 0.319. The second-order valence-corrected chi connectivity index (χ2v) is 6.80. The lowest BCUT2D eigenvalue weighted by Gasteiger charge is -2.09. The van der Waals surface area contributed by atoms with Crippen LogP contribution in [0.3, 0.4) is 0 Å². The predicted molar refractivity (Wildman–Crippen MR) is 113 cm³/mol. The predicted octanol–water partition coefficient (Wildman–Crippen LogP) is 2.64. The summed E-state index contributed by atoms with van der Waals surface area (Å²) in [4.78, 5) is 35.6. The number of hydrogen-bond acceptors (Lipinski definition) is 5. The molecular weight excluding hydrogens is 403 g/mol. The molecule has 0 unspecified atom stereocenters. The number of unbranched alkanes of at least 4 members (excludes halogenated alkanes) is 1. The van der Waals surface area contributed by atoms with Crippen molar-refractivity contribution in [2.75, 3.05) is 26.3 Å². The maximum Gasteiger partial charge on any atom is 0.325 e. The van der Waals surface area contributed by atoms with Gasteiger partial charge in [0.1, 0.15) is 18.1 Å². The quantitative estimate of drug-likeness (QED) is 0.399. The molecule has 166 valence electrons. The molecule has 0 saturated carbocycles. The Morgan fingerprint density at radius 2 is 1.68 bits per heavy atom. The third kappa shape index (κ3) is 9.29. The van der Waals surface area contributed by atoms with Gasteiger partial charge in [-0.05, 0) is 54.8 Å². The van der Waals surface area contributed by atoms with E-state index in [0.29, 0.717) is 30.9 Å². The van der Waals surface area contributed by atoms with Crippen molar-refractivity contribution in [3.63, 3.8) is 0 Å². The molecule has 0 saturated heterocycles. The summed E-state index contributed by atoms with van der Waals surface area (Å²) in [6.07, 6.45) is 2.52. The van der Waals surface area contributed by atoms with Crippen molar-refractivity contribution in [3.8, 4) is 5.75 Å². The number of carbonyl (C=O) groups excluding carboxylic acids is 3. The first-order valence-corrected chi connectivity index (χ1v) is 10.2. The Balaban J connectivity index is 1.61. The van der Waals surface area contributed by atoms with Crippen LogP contribution < -0.4 is 15.4 Å². The number of halogens is 1. The molecule has 0 radical (unpaired) electrons. The van der Waals surface area contributed by atoms with E-state index in [9.17, 15) is 18.8 Å². The Morgan fingerprint density at radius 1 is 0.968 bits per heavy atom. The van der Waals surface area contributed by atoms with Crippen molar-refractivity contribution in [1.82, 2.24) is 10.6 Å². The molecule has 0 heterocycles. The SMILES string of the molecule is CCCCOc1ccc(C(=O)NCC(=O)OCC(=O)NCCc2ccc(F)cc2)cc1. The van der Waals surface area contributed by atoms with Gasteiger partial charge in [-0.25, -0.2) is 4.39 Å². The van der Waals surface area contributed by atoms with Gasteiger partial charge in [-0.3, -0.25) is 14.4 Å². The highest BCUT2D eigenvalue weighted by atomic mass is 19.1. The number of rotatable bonds is 12. The van der Waals surface area contributed by atoms with E-state index in [1.807, 2.05) is 0 Å². The van der Waals surface area contributed by atoms with Gasteiger partial charge in [0.05, 0.1) is 6.61 Å². The highest BCUT2D eigenvalue weighted by Gasteiger charge is 2.11. The Labute approximate surface area is 180 Å².